The zero-order valence-electron chi connectivity index (χ0n) is 11.4. The van der Waals surface area contributed by atoms with Crippen LogP contribution in [-0.2, 0) is 15.7 Å². The number of ether oxygens (including phenoxy) is 1. The molecule has 0 aromatic rings. The van der Waals surface area contributed by atoms with Gasteiger partial charge < -0.3 is 4.74 Å². The minimum atomic E-state index is -1.03. The van der Waals surface area contributed by atoms with Crippen LogP contribution in [0.15, 0.2) is 17.2 Å². The smallest absolute Gasteiger partial charge is 0.128 e. The highest BCUT2D eigenvalue weighted by atomic mass is 32.2. The summed E-state index contributed by atoms with van der Waals surface area (Å²) in [6.45, 7) is 5.09. The van der Waals surface area contributed by atoms with Crippen LogP contribution in [0.4, 0.5) is 0 Å². The molecule has 0 aliphatic carbocycles. The molecule has 1 aliphatic heterocycles. The minimum Gasteiger partial charge on any atom is -0.379 e. The predicted octanol–water partition coefficient (Wildman–Crippen LogP) is 3.01. The van der Waals surface area contributed by atoms with Crippen LogP contribution in [0.5, 0.6) is 0 Å². The second kappa shape index (κ2) is 10.5. The largest absolute Gasteiger partial charge is 0.379 e. The molecule has 1 aliphatic rings. The van der Waals surface area contributed by atoms with Gasteiger partial charge in [-0.05, 0) is 18.9 Å². The summed E-state index contributed by atoms with van der Waals surface area (Å²) in [5.41, 5.74) is 3.04. The Morgan fingerprint density at radius 3 is 2.67 bits per heavy atom. The summed E-state index contributed by atoms with van der Waals surface area (Å²) in [5, 5.41) is 1.66. The molecule has 1 atom stereocenters. The predicted molar refractivity (Wildman–Crippen MR) is 76.6 cm³/mol. The van der Waals surface area contributed by atoms with E-state index in [0.717, 1.165) is 19.5 Å². The molecule has 0 aromatic heterocycles. The van der Waals surface area contributed by atoms with E-state index < -0.39 is 11.0 Å². The lowest BCUT2D eigenvalue weighted by Gasteiger charge is -2.23. The fraction of sp³-hybridized carbons (Fsp3) is 0.786. The first-order valence-corrected chi connectivity index (χ1v) is 8.16. The maximum absolute atomic E-state index is 11.8. The van der Waals surface area contributed by atoms with E-state index in [1.54, 1.807) is 5.41 Å². The lowest BCUT2D eigenvalue weighted by atomic mass is 10.1. The van der Waals surface area contributed by atoms with Crippen LogP contribution in [0.2, 0.25) is 0 Å². The monoisotopic (exact) mass is 271 g/mol. The maximum atomic E-state index is 11.8. The number of hydrogen-bond donors (Lipinski definition) is 0. The molecule has 3 nitrogen and oxygen atoms in total. The minimum absolute atomic E-state index is 0.681. The molecule has 1 saturated heterocycles. The lowest BCUT2D eigenvalue weighted by molar-refractivity contribution is 0.0756. The number of morpholine rings is 1. The van der Waals surface area contributed by atoms with Gasteiger partial charge in [0.25, 0.3) is 0 Å². The number of hydrogen-bond acceptors (Lipinski definition) is 2. The SMILES string of the molecule is CCCCCCCC=C=CS(=O)N1CCOCC1. The highest BCUT2D eigenvalue weighted by Gasteiger charge is 2.13. The molecule has 0 radical (unpaired) electrons. The fourth-order valence-electron chi connectivity index (χ4n) is 1.84. The van der Waals surface area contributed by atoms with Crippen LogP contribution in [0.3, 0.4) is 0 Å². The summed E-state index contributed by atoms with van der Waals surface area (Å²) in [6.07, 6.45) is 9.50. The zero-order chi connectivity index (χ0) is 13.1. The molecule has 1 rings (SSSR count). The lowest BCUT2D eigenvalue weighted by Crippen LogP contribution is -2.36. The van der Waals surface area contributed by atoms with Crippen molar-refractivity contribution in [1.29, 1.82) is 0 Å². The van der Waals surface area contributed by atoms with Gasteiger partial charge in [-0.1, -0.05) is 32.6 Å². The maximum Gasteiger partial charge on any atom is 0.128 e. The Kier molecular flexibility index (Phi) is 9.13. The summed E-state index contributed by atoms with van der Waals surface area (Å²) >= 11 is 0. The molecule has 0 amide bonds. The molecular weight excluding hydrogens is 246 g/mol. The van der Waals surface area contributed by atoms with Crippen molar-refractivity contribution in [2.24, 2.45) is 0 Å². The van der Waals surface area contributed by atoms with Gasteiger partial charge in [0.2, 0.25) is 0 Å². The molecule has 1 heterocycles. The van der Waals surface area contributed by atoms with Gasteiger partial charge in [-0.15, -0.1) is 5.73 Å². The van der Waals surface area contributed by atoms with Gasteiger partial charge in [-0.2, -0.15) is 0 Å². The third-order valence-corrected chi connectivity index (χ3v) is 4.18. The third kappa shape index (κ3) is 7.12. The van der Waals surface area contributed by atoms with Gasteiger partial charge in [-0.25, -0.2) is 8.51 Å². The quantitative estimate of drug-likeness (QED) is 0.502. The first-order valence-electron chi connectivity index (χ1n) is 6.99. The molecule has 0 N–H and O–H groups in total. The molecule has 1 fully saturated rings. The summed E-state index contributed by atoms with van der Waals surface area (Å²) in [5.74, 6) is 0. The Bertz CT molecular complexity index is 292. The normalized spacial score (nSPS) is 18.1. The molecular formula is C14H25NO2S. The Morgan fingerprint density at radius 1 is 1.22 bits per heavy atom. The molecule has 0 aromatic carbocycles. The molecule has 0 bridgehead atoms. The summed E-state index contributed by atoms with van der Waals surface area (Å²) < 4.78 is 19.0. The fourth-order valence-corrected chi connectivity index (χ4v) is 2.71. The van der Waals surface area contributed by atoms with E-state index in [1.807, 2.05) is 10.4 Å². The average molecular weight is 271 g/mol. The van der Waals surface area contributed by atoms with Crippen molar-refractivity contribution in [3.05, 3.63) is 17.2 Å². The Morgan fingerprint density at radius 2 is 1.94 bits per heavy atom. The van der Waals surface area contributed by atoms with Crippen LogP contribution < -0.4 is 0 Å². The van der Waals surface area contributed by atoms with Crippen molar-refractivity contribution in [2.75, 3.05) is 26.3 Å². The van der Waals surface area contributed by atoms with E-state index >= 15 is 0 Å². The zero-order valence-corrected chi connectivity index (χ0v) is 12.2. The highest BCUT2D eigenvalue weighted by Crippen LogP contribution is 2.05. The van der Waals surface area contributed by atoms with E-state index in [1.165, 1.54) is 32.1 Å². The molecule has 18 heavy (non-hydrogen) atoms. The number of unbranched alkanes of at least 4 members (excludes halogenated alkanes) is 5. The summed E-state index contributed by atoms with van der Waals surface area (Å²) in [6, 6.07) is 0. The second-order valence-electron chi connectivity index (χ2n) is 4.51. The van der Waals surface area contributed by atoms with E-state index in [2.05, 4.69) is 12.7 Å². The topological polar surface area (TPSA) is 29.5 Å². The van der Waals surface area contributed by atoms with Crippen LogP contribution in [0.1, 0.15) is 45.4 Å². The van der Waals surface area contributed by atoms with Gasteiger partial charge in [0.1, 0.15) is 11.0 Å². The van der Waals surface area contributed by atoms with Crippen molar-refractivity contribution in [2.45, 2.75) is 45.4 Å². The molecule has 0 saturated carbocycles. The highest BCUT2D eigenvalue weighted by molar-refractivity contribution is 7.85. The van der Waals surface area contributed by atoms with E-state index in [0.29, 0.717) is 13.2 Å². The van der Waals surface area contributed by atoms with Crippen molar-refractivity contribution in [3.63, 3.8) is 0 Å². The van der Waals surface area contributed by atoms with Gasteiger partial charge in [0.05, 0.1) is 18.6 Å². The van der Waals surface area contributed by atoms with Gasteiger partial charge in [0.15, 0.2) is 0 Å². The van der Waals surface area contributed by atoms with Gasteiger partial charge in [0, 0.05) is 13.1 Å². The van der Waals surface area contributed by atoms with Crippen LogP contribution in [0.25, 0.3) is 0 Å². The standard InChI is InChI=1S/C14H25NO2S/c1-2-3-4-5-6-7-8-9-14-18(16)15-10-12-17-13-11-15/h8,14H,2-7,10-13H2,1H3. The third-order valence-electron chi connectivity index (χ3n) is 2.96. The molecule has 4 heteroatoms. The molecule has 104 valence electrons. The Hall–Kier alpha value is -0.410. The van der Waals surface area contributed by atoms with Crippen molar-refractivity contribution in [3.8, 4) is 0 Å². The average Bonchev–Trinajstić information content (AvgIpc) is 2.42. The van der Waals surface area contributed by atoms with Crippen molar-refractivity contribution < 1.29 is 8.95 Å². The summed E-state index contributed by atoms with van der Waals surface area (Å²) in [4.78, 5) is 0. The van der Waals surface area contributed by atoms with E-state index in [-0.39, 0.29) is 0 Å². The first-order chi connectivity index (χ1) is 8.84. The Labute approximate surface area is 113 Å². The van der Waals surface area contributed by atoms with Crippen LogP contribution >= 0.6 is 0 Å². The van der Waals surface area contributed by atoms with E-state index in [9.17, 15) is 4.21 Å². The second-order valence-corrected chi connectivity index (χ2v) is 5.81. The number of rotatable bonds is 8. The number of allylic oxidation sites excluding steroid dienone is 1. The van der Waals surface area contributed by atoms with Crippen molar-refractivity contribution >= 4 is 11.0 Å². The molecule has 1 unspecified atom stereocenters. The number of nitrogens with zero attached hydrogens (tertiary/aromatic N) is 1. The van der Waals surface area contributed by atoms with Crippen LogP contribution in [0, 0.1) is 0 Å². The summed E-state index contributed by atoms with van der Waals surface area (Å²) in [7, 11) is -1.03. The Balaban J connectivity index is 2.11. The van der Waals surface area contributed by atoms with Gasteiger partial charge in [-0.3, -0.25) is 0 Å². The molecule has 0 spiro atoms. The van der Waals surface area contributed by atoms with E-state index in [4.69, 9.17) is 4.74 Å². The van der Waals surface area contributed by atoms with Gasteiger partial charge >= 0.3 is 0 Å². The van der Waals surface area contributed by atoms with Crippen molar-refractivity contribution in [1.82, 2.24) is 4.31 Å². The van der Waals surface area contributed by atoms with Crippen LogP contribution in [-0.4, -0.2) is 34.8 Å². The first kappa shape index (κ1) is 15.6.